The molecule has 0 aliphatic carbocycles. The third-order valence-electron chi connectivity index (χ3n) is 3.45. The van der Waals surface area contributed by atoms with Crippen LogP contribution in [0, 0.1) is 13.8 Å². The smallest absolute Gasteiger partial charge is 0.326 e. The van der Waals surface area contributed by atoms with Crippen molar-refractivity contribution in [2.75, 3.05) is 12.0 Å². The first-order valence-corrected chi connectivity index (χ1v) is 8.32. The molecule has 1 amide bonds. The number of pyridine rings is 1. The molecule has 118 valence electrons. The van der Waals surface area contributed by atoms with Crippen molar-refractivity contribution in [3.63, 3.8) is 0 Å². The van der Waals surface area contributed by atoms with Gasteiger partial charge in [0.05, 0.1) is 5.69 Å². The zero-order valence-corrected chi connectivity index (χ0v) is 13.6. The highest BCUT2D eigenvalue weighted by Crippen LogP contribution is 2.15. The van der Waals surface area contributed by atoms with Gasteiger partial charge in [0.2, 0.25) is 0 Å². The first kappa shape index (κ1) is 16.4. The number of fused-ring (bicyclic) bond motifs is 1. The predicted molar refractivity (Wildman–Crippen MR) is 86.6 cm³/mol. The maximum Gasteiger partial charge on any atom is 0.326 e. The number of nitrogens with one attached hydrogen (secondary N) is 1. The maximum absolute atomic E-state index is 12.5. The van der Waals surface area contributed by atoms with E-state index in [0.717, 1.165) is 5.56 Å². The zero-order valence-electron chi connectivity index (χ0n) is 12.8. The Balaban J connectivity index is 2.31. The van der Waals surface area contributed by atoms with Crippen molar-refractivity contribution >= 4 is 29.3 Å². The van der Waals surface area contributed by atoms with E-state index in [9.17, 15) is 14.7 Å². The molecular formula is C15H19N3O3S. The van der Waals surface area contributed by atoms with E-state index in [1.165, 1.54) is 0 Å². The van der Waals surface area contributed by atoms with Gasteiger partial charge < -0.3 is 10.4 Å². The van der Waals surface area contributed by atoms with Gasteiger partial charge in [-0.05, 0) is 43.9 Å². The van der Waals surface area contributed by atoms with Gasteiger partial charge in [0.25, 0.3) is 5.91 Å². The third kappa shape index (κ3) is 3.24. The summed E-state index contributed by atoms with van der Waals surface area (Å²) >= 11 is 1.55. The molecular weight excluding hydrogens is 302 g/mol. The molecule has 6 nitrogen and oxygen atoms in total. The van der Waals surface area contributed by atoms with E-state index in [0.29, 0.717) is 29.2 Å². The molecule has 2 rings (SSSR count). The van der Waals surface area contributed by atoms with Crippen molar-refractivity contribution < 1.29 is 14.7 Å². The first-order valence-electron chi connectivity index (χ1n) is 6.92. The van der Waals surface area contributed by atoms with Crippen molar-refractivity contribution in [3.05, 3.63) is 35.3 Å². The summed E-state index contributed by atoms with van der Waals surface area (Å²) in [4.78, 5) is 28.2. The summed E-state index contributed by atoms with van der Waals surface area (Å²) in [5.41, 5.74) is 2.64. The molecule has 2 aromatic heterocycles. The summed E-state index contributed by atoms with van der Waals surface area (Å²) in [5, 5.41) is 11.8. The summed E-state index contributed by atoms with van der Waals surface area (Å²) in [5.74, 6) is -0.767. The Bertz CT molecular complexity index is 711. The van der Waals surface area contributed by atoms with Gasteiger partial charge in [-0.1, -0.05) is 6.07 Å². The fourth-order valence-corrected chi connectivity index (χ4v) is 2.78. The number of carboxylic acids is 1. The van der Waals surface area contributed by atoms with Crippen LogP contribution >= 0.6 is 11.8 Å². The number of thioether (sulfide) groups is 1. The number of hydrogen-bond donors (Lipinski definition) is 2. The Labute approximate surface area is 132 Å². The van der Waals surface area contributed by atoms with Crippen LogP contribution in [0.5, 0.6) is 0 Å². The minimum Gasteiger partial charge on any atom is -0.480 e. The van der Waals surface area contributed by atoms with Crippen LogP contribution in [0.3, 0.4) is 0 Å². The average Bonchev–Trinajstić information content (AvgIpc) is 2.80. The molecule has 1 unspecified atom stereocenters. The zero-order chi connectivity index (χ0) is 16.3. The third-order valence-corrected chi connectivity index (χ3v) is 4.09. The molecule has 7 heteroatoms. The van der Waals surface area contributed by atoms with Crippen molar-refractivity contribution in [2.45, 2.75) is 26.3 Å². The van der Waals surface area contributed by atoms with Crippen molar-refractivity contribution in [1.82, 2.24) is 14.7 Å². The van der Waals surface area contributed by atoms with Gasteiger partial charge in [0, 0.05) is 6.20 Å². The molecule has 1 atom stereocenters. The molecule has 0 spiro atoms. The summed E-state index contributed by atoms with van der Waals surface area (Å²) in [7, 11) is 0. The van der Waals surface area contributed by atoms with E-state index < -0.39 is 17.9 Å². The van der Waals surface area contributed by atoms with Gasteiger partial charge in [-0.3, -0.25) is 9.20 Å². The normalized spacial score (nSPS) is 12.3. The predicted octanol–water partition coefficient (Wildman–Crippen LogP) is 1.89. The molecule has 0 bridgehead atoms. The van der Waals surface area contributed by atoms with E-state index in [1.54, 1.807) is 29.3 Å². The molecule has 0 fully saturated rings. The Morgan fingerprint density at radius 2 is 2.18 bits per heavy atom. The van der Waals surface area contributed by atoms with Crippen LogP contribution in [0.1, 0.15) is 28.2 Å². The van der Waals surface area contributed by atoms with Gasteiger partial charge in [-0.25, -0.2) is 9.78 Å². The monoisotopic (exact) mass is 321 g/mol. The fraction of sp³-hybridized carbons (Fsp3) is 0.400. The van der Waals surface area contributed by atoms with E-state index in [4.69, 9.17) is 0 Å². The SMILES string of the molecule is CSCCC(NC(=O)c1c(C)nc2c(C)cccn12)C(=O)O. The number of hydrogen-bond acceptors (Lipinski definition) is 4. The highest BCUT2D eigenvalue weighted by molar-refractivity contribution is 7.98. The number of aryl methyl sites for hydroxylation is 2. The molecule has 0 saturated carbocycles. The molecule has 22 heavy (non-hydrogen) atoms. The number of carbonyl (C=O) groups is 2. The van der Waals surface area contributed by atoms with Crippen LogP contribution in [0.15, 0.2) is 18.3 Å². The number of carbonyl (C=O) groups excluding carboxylic acids is 1. The molecule has 2 aromatic rings. The number of aromatic nitrogens is 2. The summed E-state index contributed by atoms with van der Waals surface area (Å²) < 4.78 is 1.70. The van der Waals surface area contributed by atoms with E-state index in [2.05, 4.69) is 10.3 Å². The van der Waals surface area contributed by atoms with Crippen LogP contribution in [-0.2, 0) is 4.79 Å². The van der Waals surface area contributed by atoms with Crippen LogP contribution in [-0.4, -0.2) is 44.4 Å². The van der Waals surface area contributed by atoms with E-state index in [1.807, 2.05) is 25.3 Å². The highest BCUT2D eigenvalue weighted by Gasteiger charge is 2.24. The van der Waals surface area contributed by atoms with Gasteiger partial charge >= 0.3 is 5.97 Å². The van der Waals surface area contributed by atoms with Crippen molar-refractivity contribution in [3.8, 4) is 0 Å². The second-order valence-electron chi connectivity index (χ2n) is 5.08. The van der Waals surface area contributed by atoms with Gasteiger partial charge in [0.1, 0.15) is 17.4 Å². The van der Waals surface area contributed by atoms with Crippen LogP contribution in [0.25, 0.3) is 5.65 Å². The lowest BCUT2D eigenvalue weighted by molar-refractivity contribution is -0.139. The Morgan fingerprint density at radius 1 is 1.45 bits per heavy atom. The molecule has 0 saturated heterocycles. The quantitative estimate of drug-likeness (QED) is 0.849. The maximum atomic E-state index is 12.5. The fourth-order valence-electron chi connectivity index (χ4n) is 2.31. The summed E-state index contributed by atoms with van der Waals surface area (Å²) in [6, 6.07) is 2.86. The van der Waals surface area contributed by atoms with Gasteiger partial charge in [0.15, 0.2) is 0 Å². The van der Waals surface area contributed by atoms with Crippen LogP contribution in [0.4, 0.5) is 0 Å². The summed E-state index contributed by atoms with van der Waals surface area (Å²) in [6.07, 6.45) is 4.05. The molecule has 2 N–H and O–H groups in total. The standard InChI is InChI=1S/C15H19N3O3S/c1-9-5-4-7-18-12(10(2)16-13(9)18)14(19)17-11(15(20)21)6-8-22-3/h4-5,7,11H,6,8H2,1-3H3,(H,17,19)(H,20,21). The molecule has 2 heterocycles. The van der Waals surface area contributed by atoms with Gasteiger partial charge in [-0.15, -0.1) is 0 Å². The number of rotatable bonds is 6. The average molecular weight is 321 g/mol. The largest absolute Gasteiger partial charge is 0.480 e. The number of aliphatic carboxylic acids is 1. The van der Waals surface area contributed by atoms with Crippen LogP contribution < -0.4 is 5.32 Å². The van der Waals surface area contributed by atoms with Gasteiger partial charge in [-0.2, -0.15) is 11.8 Å². The minimum atomic E-state index is -1.02. The highest BCUT2D eigenvalue weighted by atomic mass is 32.2. The second kappa shape index (κ2) is 6.83. The molecule has 0 radical (unpaired) electrons. The summed E-state index contributed by atoms with van der Waals surface area (Å²) in [6.45, 7) is 3.67. The van der Waals surface area contributed by atoms with Crippen LogP contribution in [0.2, 0.25) is 0 Å². The first-order chi connectivity index (χ1) is 10.5. The number of imidazole rings is 1. The van der Waals surface area contributed by atoms with E-state index >= 15 is 0 Å². The lowest BCUT2D eigenvalue weighted by Gasteiger charge is -2.14. The van der Waals surface area contributed by atoms with E-state index in [-0.39, 0.29) is 0 Å². The minimum absolute atomic E-state index is 0.383. The van der Waals surface area contributed by atoms with Crippen molar-refractivity contribution in [1.29, 1.82) is 0 Å². The lowest BCUT2D eigenvalue weighted by atomic mass is 10.2. The molecule has 0 aliphatic heterocycles. The second-order valence-corrected chi connectivity index (χ2v) is 6.06. The Kier molecular flexibility index (Phi) is 5.07. The van der Waals surface area contributed by atoms with Crippen molar-refractivity contribution in [2.24, 2.45) is 0 Å². The Hall–Kier alpha value is -2.02. The lowest BCUT2D eigenvalue weighted by Crippen LogP contribution is -2.41. The number of amides is 1. The Morgan fingerprint density at radius 3 is 2.82 bits per heavy atom. The topological polar surface area (TPSA) is 83.7 Å². The molecule has 0 aromatic carbocycles. The number of nitrogens with zero attached hydrogens (tertiary/aromatic N) is 2. The number of carboxylic acid groups (broad SMARTS) is 1. The molecule has 0 aliphatic rings.